The van der Waals surface area contributed by atoms with Crippen LogP contribution in [0.15, 0.2) is 66.9 Å². The van der Waals surface area contributed by atoms with Crippen LogP contribution in [-0.4, -0.2) is 41.9 Å². The van der Waals surface area contributed by atoms with Crippen molar-refractivity contribution in [2.75, 3.05) is 26.4 Å². The third-order valence-electron chi connectivity index (χ3n) is 5.68. The molecule has 0 saturated carbocycles. The zero-order valence-electron chi connectivity index (χ0n) is 18.8. The van der Waals surface area contributed by atoms with E-state index in [-0.39, 0.29) is 12.1 Å². The van der Waals surface area contributed by atoms with Crippen molar-refractivity contribution in [1.29, 1.82) is 0 Å². The van der Waals surface area contributed by atoms with Gasteiger partial charge in [0, 0.05) is 31.6 Å². The Bertz CT molecular complexity index is 1030. The van der Waals surface area contributed by atoms with Crippen LogP contribution in [-0.2, 0) is 11.3 Å². The maximum atomic E-state index is 13.4. The first kappa shape index (κ1) is 22.0. The molecule has 0 spiro atoms. The smallest absolute Gasteiger partial charge is 0.318 e. The summed E-state index contributed by atoms with van der Waals surface area (Å²) in [6.07, 6.45) is 2.85. The molecule has 6 heteroatoms. The molecule has 0 bridgehead atoms. The van der Waals surface area contributed by atoms with Crippen molar-refractivity contribution in [2.45, 2.75) is 32.9 Å². The van der Waals surface area contributed by atoms with E-state index in [0.29, 0.717) is 32.9 Å². The molecule has 2 amide bonds. The summed E-state index contributed by atoms with van der Waals surface area (Å²) in [5.74, 6) is 0.829. The van der Waals surface area contributed by atoms with Crippen molar-refractivity contribution < 1.29 is 14.3 Å². The Labute approximate surface area is 189 Å². The van der Waals surface area contributed by atoms with Gasteiger partial charge in [-0.2, -0.15) is 0 Å². The van der Waals surface area contributed by atoms with Gasteiger partial charge in [-0.25, -0.2) is 4.79 Å². The number of para-hydroxylation sites is 1. The molecule has 0 radical (unpaired) electrons. The van der Waals surface area contributed by atoms with Gasteiger partial charge in [-0.3, -0.25) is 0 Å². The average Bonchev–Trinajstić information content (AvgIpc) is 3.24. The number of hydrogen-bond donors (Lipinski definition) is 1. The lowest BCUT2D eigenvalue weighted by atomic mass is 10.0. The molecule has 0 fully saturated rings. The maximum absolute atomic E-state index is 13.4. The Morgan fingerprint density at radius 3 is 2.62 bits per heavy atom. The third kappa shape index (κ3) is 4.65. The molecule has 1 aliphatic heterocycles. The fourth-order valence-electron chi connectivity index (χ4n) is 4.22. The van der Waals surface area contributed by atoms with Gasteiger partial charge < -0.3 is 24.3 Å². The summed E-state index contributed by atoms with van der Waals surface area (Å²) in [6.45, 7) is 7.00. The summed E-state index contributed by atoms with van der Waals surface area (Å²) in [5.41, 5.74) is 4.33. The van der Waals surface area contributed by atoms with E-state index in [1.54, 1.807) is 0 Å². The van der Waals surface area contributed by atoms with Gasteiger partial charge in [-0.15, -0.1) is 0 Å². The number of fused-ring (bicyclic) bond motifs is 3. The normalized spacial score (nSPS) is 14.9. The fourth-order valence-corrected chi connectivity index (χ4v) is 4.22. The zero-order valence-corrected chi connectivity index (χ0v) is 18.8. The summed E-state index contributed by atoms with van der Waals surface area (Å²) in [4.78, 5) is 15.3. The topological polar surface area (TPSA) is 55.7 Å². The lowest BCUT2D eigenvalue weighted by Gasteiger charge is -2.31. The van der Waals surface area contributed by atoms with Crippen molar-refractivity contribution >= 4 is 6.03 Å². The van der Waals surface area contributed by atoms with E-state index in [1.807, 2.05) is 49.1 Å². The highest BCUT2D eigenvalue weighted by Gasteiger charge is 2.32. The lowest BCUT2D eigenvalue weighted by molar-refractivity contribution is 0.143. The Kier molecular flexibility index (Phi) is 7.12. The Morgan fingerprint density at radius 2 is 1.84 bits per heavy atom. The van der Waals surface area contributed by atoms with Crippen LogP contribution in [0.5, 0.6) is 5.75 Å². The quantitative estimate of drug-likeness (QED) is 0.513. The van der Waals surface area contributed by atoms with Crippen molar-refractivity contribution in [3.05, 3.63) is 83.7 Å². The van der Waals surface area contributed by atoms with Crippen molar-refractivity contribution in [1.82, 2.24) is 14.8 Å². The van der Waals surface area contributed by atoms with Crippen LogP contribution >= 0.6 is 0 Å². The SMILES string of the molecule is CCOCCCNC(=O)N1Cc2ccccc2-n2cccc2[C@@H]1c1ccc(OCC)cc1. The number of urea groups is 1. The highest BCUT2D eigenvalue weighted by atomic mass is 16.5. The van der Waals surface area contributed by atoms with Gasteiger partial charge >= 0.3 is 6.03 Å². The predicted octanol–water partition coefficient (Wildman–Crippen LogP) is 4.92. The molecule has 2 heterocycles. The summed E-state index contributed by atoms with van der Waals surface area (Å²) in [5, 5.41) is 3.10. The second-order valence-corrected chi connectivity index (χ2v) is 7.75. The molecule has 1 N–H and O–H groups in total. The molecule has 6 nitrogen and oxygen atoms in total. The number of nitrogens with zero attached hydrogens (tertiary/aromatic N) is 2. The first-order valence-corrected chi connectivity index (χ1v) is 11.3. The minimum atomic E-state index is -0.222. The summed E-state index contributed by atoms with van der Waals surface area (Å²) < 4.78 is 13.2. The second-order valence-electron chi connectivity index (χ2n) is 7.75. The van der Waals surface area contributed by atoms with E-state index >= 15 is 0 Å². The van der Waals surface area contributed by atoms with E-state index in [9.17, 15) is 4.79 Å². The van der Waals surface area contributed by atoms with E-state index in [2.05, 4.69) is 46.4 Å². The van der Waals surface area contributed by atoms with Crippen molar-refractivity contribution in [2.24, 2.45) is 0 Å². The molecule has 0 aliphatic carbocycles. The highest BCUT2D eigenvalue weighted by molar-refractivity contribution is 5.76. The third-order valence-corrected chi connectivity index (χ3v) is 5.68. The monoisotopic (exact) mass is 433 g/mol. The molecule has 4 rings (SSSR count). The summed E-state index contributed by atoms with van der Waals surface area (Å²) in [7, 11) is 0. The molecular formula is C26H31N3O3. The number of aromatic nitrogens is 1. The van der Waals surface area contributed by atoms with E-state index in [1.165, 1.54) is 0 Å². The number of amides is 2. The number of nitrogens with one attached hydrogen (secondary N) is 1. The van der Waals surface area contributed by atoms with Gasteiger partial charge in [0.05, 0.1) is 24.9 Å². The van der Waals surface area contributed by atoms with Crippen molar-refractivity contribution in [3.8, 4) is 11.4 Å². The molecule has 2 aromatic carbocycles. The standard InChI is InChI=1S/C26H31N3O3/c1-3-31-18-8-16-27-26(30)29-19-21-9-5-6-10-23(21)28-17-7-11-24(28)25(29)20-12-14-22(15-13-20)32-4-2/h5-7,9-15,17,25H,3-4,8,16,18-19H2,1-2H3,(H,27,30)/t25-/m0/s1. The average molecular weight is 434 g/mol. The van der Waals surface area contributed by atoms with Crippen LogP contribution in [0, 0.1) is 0 Å². The largest absolute Gasteiger partial charge is 0.494 e. The molecular weight excluding hydrogens is 402 g/mol. The minimum absolute atomic E-state index is 0.0789. The molecule has 1 aromatic heterocycles. The summed E-state index contributed by atoms with van der Waals surface area (Å²) in [6, 6.07) is 20.2. The van der Waals surface area contributed by atoms with Crippen LogP contribution in [0.1, 0.15) is 43.1 Å². The van der Waals surface area contributed by atoms with Crippen molar-refractivity contribution in [3.63, 3.8) is 0 Å². The Hall–Kier alpha value is -3.25. The number of benzene rings is 2. The van der Waals surface area contributed by atoms with Crippen LogP contribution in [0.4, 0.5) is 4.79 Å². The van der Waals surface area contributed by atoms with Crippen LogP contribution in [0.25, 0.3) is 5.69 Å². The van der Waals surface area contributed by atoms with Gasteiger partial charge in [-0.05, 0) is 61.7 Å². The first-order chi connectivity index (χ1) is 15.7. The van der Waals surface area contributed by atoms with Crippen LogP contribution in [0.2, 0.25) is 0 Å². The second kappa shape index (κ2) is 10.4. The van der Waals surface area contributed by atoms with E-state index < -0.39 is 0 Å². The van der Waals surface area contributed by atoms with Gasteiger partial charge in [-0.1, -0.05) is 30.3 Å². The predicted molar refractivity (Wildman–Crippen MR) is 125 cm³/mol. The van der Waals surface area contributed by atoms with Crippen LogP contribution < -0.4 is 10.1 Å². The number of rotatable bonds is 8. The number of ether oxygens (including phenoxy) is 2. The number of carbonyl (C=O) groups is 1. The summed E-state index contributed by atoms with van der Waals surface area (Å²) >= 11 is 0. The van der Waals surface area contributed by atoms with Gasteiger partial charge in [0.15, 0.2) is 0 Å². The molecule has 3 aromatic rings. The van der Waals surface area contributed by atoms with Gasteiger partial charge in [0.1, 0.15) is 5.75 Å². The molecule has 0 unspecified atom stereocenters. The number of hydrogen-bond acceptors (Lipinski definition) is 3. The molecule has 32 heavy (non-hydrogen) atoms. The minimum Gasteiger partial charge on any atom is -0.494 e. The fraction of sp³-hybridized carbons (Fsp3) is 0.346. The van der Waals surface area contributed by atoms with Gasteiger partial charge in [0.2, 0.25) is 0 Å². The lowest BCUT2D eigenvalue weighted by Crippen LogP contribution is -2.42. The van der Waals surface area contributed by atoms with E-state index in [4.69, 9.17) is 9.47 Å². The molecule has 168 valence electrons. The Balaban J connectivity index is 1.69. The molecule has 1 atom stereocenters. The maximum Gasteiger partial charge on any atom is 0.318 e. The number of carbonyl (C=O) groups excluding carboxylic acids is 1. The zero-order chi connectivity index (χ0) is 22.3. The van der Waals surface area contributed by atoms with Gasteiger partial charge in [0.25, 0.3) is 0 Å². The van der Waals surface area contributed by atoms with E-state index in [0.717, 1.165) is 34.7 Å². The highest BCUT2D eigenvalue weighted by Crippen LogP contribution is 2.37. The van der Waals surface area contributed by atoms with Crippen LogP contribution in [0.3, 0.4) is 0 Å². The molecule has 1 aliphatic rings. The molecule has 0 saturated heterocycles. The first-order valence-electron chi connectivity index (χ1n) is 11.3. The Morgan fingerprint density at radius 1 is 1.03 bits per heavy atom.